The first-order valence-corrected chi connectivity index (χ1v) is 6.37. The third-order valence-electron chi connectivity index (χ3n) is 2.50. The molecular formula is C12H12N4O2S. The Balaban J connectivity index is 2.16. The summed E-state index contributed by atoms with van der Waals surface area (Å²) in [6.45, 7) is 3.40. The fraction of sp³-hybridized carbons (Fsp3) is 0.167. The molecule has 0 aliphatic heterocycles. The molecule has 0 aromatic carbocycles. The molecule has 0 radical (unpaired) electrons. The second kappa shape index (κ2) is 5.57. The van der Waals surface area contributed by atoms with Crippen LogP contribution in [-0.2, 0) is 0 Å². The van der Waals surface area contributed by atoms with Gasteiger partial charge in [0, 0.05) is 17.3 Å². The monoisotopic (exact) mass is 276 g/mol. The van der Waals surface area contributed by atoms with Crippen molar-refractivity contribution < 1.29 is 10.0 Å². The van der Waals surface area contributed by atoms with Crippen LogP contribution in [0.2, 0.25) is 0 Å². The van der Waals surface area contributed by atoms with Gasteiger partial charge in [-0.3, -0.25) is 15.1 Å². The van der Waals surface area contributed by atoms with Crippen LogP contribution in [0, 0.1) is 6.92 Å². The molecule has 2 aromatic rings. The van der Waals surface area contributed by atoms with Crippen LogP contribution in [0.5, 0.6) is 0 Å². The van der Waals surface area contributed by atoms with Crippen LogP contribution in [0.15, 0.2) is 28.9 Å². The van der Waals surface area contributed by atoms with Crippen molar-refractivity contribution in [1.82, 2.24) is 9.97 Å². The van der Waals surface area contributed by atoms with Crippen LogP contribution in [-0.4, -0.2) is 26.8 Å². The van der Waals surface area contributed by atoms with Gasteiger partial charge in [-0.2, -0.15) is 0 Å². The number of anilines is 1. The molecule has 2 aromatic heterocycles. The van der Waals surface area contributed by atoms with Gasteiger partial charge in [0.25, 0.3) is 5.91 Å². The quantitative estimate of drug-likeness (QED) is 0.511. The fourth-order valence-electron chi connectivity index (χ4n) is 1.44. The van der Waals surface area contributed by atoms with Crippen LogP contribution in [0.4, 0.5) is 5.13 Å². The average Bonchev–Trinajstić information content (AvgIpc) is 2.86. The van der Waals surface area contributed by atoms with Crippen molar-refractivity contribution in [2.24, 2.45) is 5.16 Å². The Kier molecular flexibility index (Phi) is 3.86. The molecule has 0 spiro atoms. The summed E-state index contributed by atoms with van der Waals surface area (Å²) in [5, 5.41) is 16.6. The summed E-state index contributed by atoms with van der Waals surface area (Å²) in [7, 11) is 0. The summed E-state index contributed by atoms with van der Waals surface area (Å²) in [4.78, 5) is 20.2. The summed E-state index contributed by atoms with van der Waals surface area (Å²) in [5.41, 5.74) is 2.09. The van der Waals surface area contributed by atoms with Crippen molar-refractivity contribution in [2.45, 2.75) is 13.8 Å². The van der Waals surface area contributed by atoms with Crippen LogP contribution in [0.25, 0.3) is 0 Å². The molecular weight excluding hydrogens is 264 g/mol. The topological polar surface area (TPSA) is 87.5 Å². The van der Waals surface area contributed by atoms with E-state index < -0.39 is 0 Å². The summed E-state index contributed by atoms with van der Waals surface area (Å²) < 4.78 is 0. The van der Waals surface area contributed by atoms with E-state index in [4.69, 9.17) is 5.21 Å². The van der Waals surface area contributed by atoms with E-state index in [9.17, 15) is 4.79 Å². The van der Waals surface area contributed by atoms with E-state index >= 15 is 0 Å². The summed E-state index contributed by atoms with van der Waals surface area (Å²) >= 11 is 1.27. The van der Waals surface area contributed by atoms with Crippen molar-refractivity contribution in [3.63, 3.8) is 0 Å². The van der Waals surface area contributed by atoms with Gasteiger partial charge in [-0.05, 0) is 26.0 Å². The highest BCUT2D eigenvalue weighted by molar-refractivity contribution is 7.14. The zero-order valence-corrected chi connectivity index (χ0v) is 11.2. The first-order valence-electron chi connectivity index (χ1n) is 5.49. The molecule has 19 heavy (non-hydrogen) atoms. The number of nitrogens with one attached hydrogen (secondary N) is 1. The Hall–Kier alpha value is -2.28. The van der Waals surface area contributed by atoms with Crippen molar-refractivity contribution in [3.8, 4) is 0 Å². The lowest BCUT2D eigenvalue weighted by Gasteiger charge is -2.03. The number of amides is 1. The number of thiazole rings is 1. The molecule has 0 fully saturated rings. The summed E-state index contributed by atoms with van der Waals surface area (Å²) in [5.74, 6) is -0.259. The van der Waals surface area contributed by atoms with E-state index in [1.165, 1.54) is 11.3 Å². The summed E-state index contributed by atoms with van der Waals surface area (Å²) in [6, 6.07) is 3.41. The molecule has 0 bridgehead atoms. The van der Waals surface area contributed by atoms with Gasteiger partial charge in [-0.25, -0.2) is 4.98 Å². The van der Waals surface area contributed by atoms with E-state index in [2.05, 4.69) is 20.4 Å². The molecule has 2 N–H and O–H groups in total. The highest BCUT2D eigenvalue weighted by Crippen LogP contribution is 2.17. The minimum Gasteiger partial charge on any atom is -0.411 e. The van der Waals surface area contributed by atoms with E-state index in [-0.39, 0.29) is 5.91 Å². The van der Waals surface area contributed by atoms with E-state index in [0.29, 0.717) is 27.8 Å². The van der Waals surface area contributed by atoms with Crippen molar-refractivity contribution in [2.75, 3.05) is 5.32 Å². The molecule has 0 saturated carbocycles. The lowest BCUT2D eigenvalue weighted by molar-refractivity contribution is 0.102. The Labute approximate surface area is 113 Å². The Morgan fingerprint density at radius 1 is 1.53 bits per heavy atom. The SMILES string of the molecule is CC(=NO)c1csc(NC(=O)c2cccnc2C)n1. The maximum Gasteiger partial charge on any atom is 0.259 e. The molecule has 2 rings (SSSR count). The Morgan fingerprint density at radius 2 is 2.32 bits per heavy atom. The van der Waals surface area contributed by atoms with E-state index in [0.717, 1.165) is 0 Å². The number of oxime groups is 1. The lowest BCUT2D eigenvalue weighted by atomic mass is 10.2. The van der Waals surface area contributed by atoms with Gasteiger partial charge in [0.05, 0.1) is 5.56 Å². The van der Waals surface area contributed by atoms with E-state index in [1.54, 1.807) is 37.6 Å². The van der Waals surface area contributed by atoms with Gasteiger partial charge < -0.3 is 5.21 Å². The number of hydrogen-bond acceptors (Lipinski definition) is 6. The number of rotatable bonds is 3. The predicted octanol–water partition coefficient (Wildman–Crippen LogP) is 2.30. The minimum atomic E-state index is -0.259. The number of hydrogen-bond donors (Lipinski definition) is 2. The van der Waals surface area contributed by atoms with Crippen LogP contribution in [0.1, 0.15) is 28.7 Å². The zero-order valence-electron chi connectivity index (χ0n) is 10.4. The van der Waals surface area contributed by atoms with Gasteiger partial charge in [-0.1, -0.05) is 5.16 Å². The highest BCUT2D eigenvalue weighted by atomic mass is 32.1. The van der Waals surface area contributed by atoms with Gasteiger partial charge >= 0.3 is 0 Å². The maximum atomic E-state index is 12.0. The number of nitrogens with zero attached hydrogens (tertiary/aromatic N) is 3. The standard InChI is InChI=1S/C12H12N4O2S/c1-7-9(4-3-5-13-7)11(17)15-12-14-10(6-19-12)8(2)16-18/h3-6,18H,1-2H3,(H,14,15,17). The van der Waals surface area contributed by atoms with Gasteiger partial charge in [0.15, 0.2) is 5.13 Å². The third kappa shape index (κ3) is 2.94. The number of aromatic nitrogens is 2. The third-order valence-corrected chi connectivity index (χ3v) is 3.25. The smallest absolute Gasteiger partial charge is 0.259 e. The molecule has 98 valence electrons. The second-order valence-electron chi connectivity index (χ2n) is 3.81. The van der Waals surface area contributed by atoms with Gasteiger partial charge in [-0.15, -0.1) is 11.3 Å². The zero-order chi connectivity index (χ0) is 13.8. The largest absolute Gasteiger partial charge is 0.411 e. The molecule has 7 heteroatoms. The molecule has 0 saturated heterocycles. The number of pyridine rings is 1. The number of carbonyl (C=O) groups excluding carboxylic acids is 1. The van der Waals surface area contributed by atoms with Gasteiger partial charge in [0.2, 0.25) is 0 Å². The molecule has 0 unspecified atom stereocenters. The van der Waals surface area contributed by atoms with Crippen molar-refractivity contribution in [3.05, 3.63) is 40.7 Å². The molecule has 1 amide bonds. The Morgan fingerprint density at radius 3 is 3.00 bits per heavy atom. The highest BCUT2D eigenvalue weighted by Gasteiger charge is 2.12. The normalized spacial score (nSPS) is 11.4. The lowest BCUT2D eigenvalue weighted by Crippen LogP contribution is -2.14. The Bertz CT molecular complexity index is 636. The number of carbonyl (C=O) groups is 1. The first-order chi connectivity index (χ1) is 9.11. The minimum absolute atomic E-state index is 0.259. The second-order valence-corrected chi connectivity index (χ2v) is 4.67. The molecule has 0 aliphatic carbocycles. The number of aryl methyl sites for hydroxylation is 1. The predicted molar refractivity (Wildman–Crippen MR) is 73.0 cm³/mol. The maximum absolute atomic E-state index is 12.0. The molecule has 0 aliphatic rings. The fourth-order valence-corrected chi connectivity index (χ4v) is 2.19. The van der Waals surface area contributed by atoms with Crippen LogP contribution < -0.4 is 5.32 Å². The van der Waals surface area contributed by atoms with Gasteiger partial charge in [0.1, 0.15) is 11.4 Å². The molecule has 6 nitrogen and oxygen atoms in total. The van der Waals surface area contributed by atoms with E-state index in [1.807, 2.05) is 0 Å². The molecule has 0 atom stereocenters. The average molecular weight is 276 g/mol. The van der Waals surface area contributed by atoms with Crippen molar-refractivity contribution >= 4 is 28.1 Å². The first kappa shape index (κ1) is 13.2. The van der Waals surface area contributed by atoms with Crippen LogP contribution in [0.3, 0.4) is 0 Å². The summed E-state index contributed by atoms with van der Waals surface area (Å²) in [6.07, 6.45) is 1.63. The van der Waals surface area contributed by atoms with Crippen molar-refractivity contribution in [1.29, 1.82) is 0 Å². The van der Waals surface area contributed by atoms with Crippen LogP contribution >= 0.6 is 11.3 Å². The molecule has 2 heterocycles.